The molecule has 0 amide bonds. The molecule has 0 spiro atoms. The highest BCUT2D eigenvalue weighted by molar-refractivity contribution is 6.33. The molecule has 0 fully saturated rings. The monoisotopic (exact) mass is 307 g/mol. The summed E-state index contributed by atoms with van der Waals surface area (Å²) in [5.74, 6) is 0.285. The van der Waals surface area contributed by atoms with Crippen molar-refractivity contribution in [1.82, 2.24) is 9.97 Å². The first-order chi connectivity index (χ1) is 10.1. The van der Waals surface area contributed by atoms with E-state index in [1.54, 1.807) is 24.3 Å². The minimum absolute atomic E-state index is 0.0988. The maximum atomic E-state index is 11.3. The average molecular weight is 308 g/mol. The lowest BCUT2D eigenvalue weighted by molar-refractivity contribution is -0.383. The molecule has 0 unspecified atom stereocenters. The average Bonchev–Trinajstić information content (AvgIpc) is 2.47. The van der Waals surface area contributed by atoms with E-state index in [9.17, 15) is 10.1 Å². The van der Waals surface area contributed by atoms with Gasteiger partial charge in [0.2, 0.25) is 11.6 Å². The summed E-state index contributed by atoms with van der Waals surface area (Å²) >= 11 is 6.04. The Labute approximate surface area is 126 Å². The first-order valence-corrected chi connectivity index (χ1v) is 6.76. The quantitative estimate of drug-likeness (QED) is 0.625. The minimum Gasteiger partial charge on any atom is -0.364 e. The number of anilines is 3. The van der Waals surface area contributed by atoms with Gasteiger partial charge in [-0.05, 0) is 18.6 Å². The number of hydrogen-bond acceptors (Lipinski definition) is 6. The van der Waals surface area contributed by atoms with Gasteiger partial charge in [0.25, 0.3) is 0 Å². The second-order valence-corrected chi connectivity index (χ2v) is 4.62. The van der Waals surface area contributed by atoms with E-state index in [1.807, 2.05) is 6.92 Å². The first-order valence-electron chi connectivity index (χ1n) is 6.38. The number of benzene rings is 1. The molecule has 8 heteroatoms. The van der Waals surface area contributed by atoms with Crippen LogP contribution in [0.2, 0.25) is 5.02 Å². The molecule has 1 aromatic heterocycles. The molecular formula is C13H14ClN5O2. The maximum Gasteiger partial charge on any atom is 0.353 e. The van der Waals surface area contributed by atoms with Crippen molar-refractivity contribution < 1.29 is 4.92 Å². The van der Waals surface area contributed by atoms with Gasteiger partial charge in [-0.15, -0.1) is 0 Å². The van der Waals surface area contributed by atoms with Crippen LogP contribution >= 0.6 is 11.6 Å². The van der Waals surface area contributed by atoms with E-state index in [0.29, 0.717) is 17.3 Å². The SMILES string of the molecule is CCCNc1ncnc(Nc2ccccc2Cl)c1[N+](=O)[O-]. The molecule has 1 heterocycles. The van der Waals surface area contributed by atoms with Crippen LogP contribution in [0.1, 0.15) is 13.3 Å². The summed E-state index contributed by atoms with van der Waals surface area (Å²) in [6, 6.07) is 6.95. The molecular weight excluding hydrogens is 294 g/mol. The lowest BCUT2D eigenvalue weighted by Gasteiger charge is -2.10. The molecule has 21 heavy (non-hydrogen) atoms. The summed E-state index contributed by atoms with van der Waals surface area (Å²) in [7, 11) is 0. The van der Waals surface area contributed by atoms with Crippen molar-refractivity contribution in [2.75, 3.05) is 17.2 Å². The van der Waals surface area contributed by atoms with Crippen LogP contribution in [0.3, 0.4) is 0 Å². The van der Waals surface area contributed by atoms with Crippen LogP contribution in [0.25, 0.3) is 0 Å². The smallest absolute Gasteiger partial charge is 0.353 e. The van der Waals surface area contributed by atoms with Crippen LogP contribution in [0.4, 0.5) is 23.0 Å². The molecule has 0 saturated heterocycles. The van der Waals surface area contributed by atoms with Gasteiger partial charge in [-0.3, -0.25) is 10.1 Å². The number of aromatic nitrogens is 2. The number of nitrogens with one attached hydrogen (secondary N) is 2. The number of nitrogens with zero attached hydrogens (tertiary/aromatic N) is 3. The zero-order valence-electron chi connectivity index (χ0n) is 11.3. The second-order valence-electron chi connectivity index (χ2n) is 4.21. The minimum atomic E-state index is -0.517. The van der Waals surface area contributed by atoms with Gasteiger partial charge < -0.3 is 10.6 Å². The molecule has 0 radical (unpaired) electrons. The predicted molar refractivity (Wildman–Crippen MR) is 82.2 cm³/mol. The van der Waals surface area contributed by atoms with Crippen LogP contribution in [0.5, 0.6) is 0 Å². The molecule has 1 aromatic carbocycles. The van der Waals surface area contributed by atoms with Crippen LogP contribution in [0, 0.1) is 10.1 Å². The highest BCUT2D eigenvalue weighted by atomic mass is 35.5. The third-order valence-electron chi connectivity index (χ3n) is 2.67. The molecule has 0 bridgehead atoms. The Balaban J connectivity index is 2.39. The van der Waals surface area contributed by atoms with Crippen molar-refractivity contribution in [3.8, 4) is 0 Å². The standard InChI is InChI=1S/C13H14ClN5O2/c1-2-7-15-12-11(19(20)21)13(17-8-16-12)18-10-6-4-3-5-9(10)14/h3-6,8H,2,7H2,1H3,(H2,15,16,17,18). The highest BCUT2D eigenvalue weighted by Crippen LogP contribution is 2.33. The van der Waals surface area contributed by atoms with Gasteiger partial charge in [-0.2, -0.15) is 0 Å². The zero-order valence-corrected chi connectivity index (χ0v) is 12.1. The number of nitro groups is 1. The largest absolute Gasteiger partial charge is 0.364 e. The van der Waals surface area contributed by atoms with Crippen LogP contribution in [-0.4, -0.2) is 21.4 Å². The normalized spacial score (nSPS) is 10.2. The van der Waals surface area contributed by atoms with Gasteiger partial charge >= 0.3 is 5.69 Å². The van der Waals surface area contributed by atoms with Crippen molar-refractivity contribution in [3.05, 3.63) is 45.7 Å². The molecule has 0 saturated carbocycles. The summed E-state index contributed by atoms with van der Waals surface area (Å²) in [4.78, 5) is 18.6. The van der Waals surface area contributed by atoms with E-state index >= 15 is 0 Å². The van der Waals surface area contributed by atoms with Crippen LogP contribution in [-0.2, 0) is 0 Å². The molecule has 110 valence electrons. The van der Waals surface area contributed by atoms with Gasteiger partial charge in [-0.25, -0.2) is 9.97 Å². The lowest BCUT2D eigenvalue weighted by atomic mass is 10.3. The van der Waals surface area contributed by atoms with Crippen molar-refractivity contribution in [2.45, 2.75) is 13.3 Å². The third-order valence-corrected chi connectivity index (χ3v) is 3.00. The predicted octanol–water partition coefficient (Wildman–Crippen LogP) is 3.60. The fourth-order valence-electron chi connectivity index (χ4n) is 1.71. The zero-order chi connectivity index (χ0) is 15.2. The van der Waals surface area contributed by atoms with E-state index in [2.05, 4.69) is 20.6 Å². The number of para-hydroxylation sites is 1. The summed E-state index contributed by atoms with van der Waals surface area (Å²) < 4.78 is 0. The fraction of sp³-hybridized carbons (Fsp3) is 0.231. The van der Waals surface area contributed by atoms with Gasteiger partial charge in [-0.1, -0.05) is 30.7 Å². The summed E-state index contributed by atoms with van der Waals surface area (Å²) in [5, 5.41) is 17.5. The first kappa shape index (κ1) is 15.0. The van der Waals surface area contributed by atoms with Crippen LogP contribution in [0.15, 0.2) is 30.6 Å². The molecule has 0 atom stereocenters. The maximum absolute atomic E-state index is 11.3. The van der Waals surface area contributed by atoms with E-state index in [-0.39, 0.29) is 17.3 Å². The Morgan fingerprint density at radius 2 is 2.00 bits per heavy atom. The highest BCUT2D eigenvalue weighted by Gasteiger charge is 2.23. The Morgan fingerprint density at radius 1 is 1.29 bits per heavy atom. The number of halogens is 1. The Morgan fingerprint density at radius 3 is 2.67 bits per heavy atom. The van der Waals surface area contributed by atoms with Gasteiger partial charge in [0.05, 0.1) is 15.6 Å². The van der Waals surface area contributed by atoms with Gasteiger partial charge in [0.1, 0.15) is 6.33 Å². The summed E-state index contributed by atoms with van der Waals surface area (Å²) in [6.45, 7) is 2.55. The Kier molecular flexibility index (Phi) is 4.89. The van der Waals surface area contributed by atoms with Gasteiger partial charge in [0.15, 0.2) is 0 Å². The molecule has 2 aromatic rings. The van der Waals surface area contributed by atoms with Crippen molar-refractivity contribution in [2.24, 2.45) is 0 Å². The molecule has 0 aliphatic rings. The van der Waals surface area contributed by atoms with Crippen LogP contribution < -0.4 is 10.6 Å². The molecule has 0 aliphatic carbocycles. The number of hydrogen-bond donors (Lipinski definition) is 2. The fourth-order valence-corrected chi connectivity index (χ4v) is 1.89. The Hall–Kier alpha value is -2.41. The second kappa shape index (κ2) is 6.85. The topological polar surface area (TPSA) is 93.0 Å². The summed E-state index contributed by atoms with van der Waals surface area (Å²) in [5.41, 5.74) is 0.341. The van der Waals surface area contributed by atoms with E-state index < -0.39 is 4.92 Å². The van der Waals surface area contributed by atoms with E-state index in [1.165, 1.54) is 6.33 Å². The van der Waals surface area contributed by atoms with Crippen molar-refractivity contribution in [3.63, 3.8) is 0 Å². The molecule has 2 rings (SSSR count). The lowest BCUT2D eigenvalue weighted by Crippen LogP contribution is -2.08. The third kappa shape index (κ3) is 3.57. The molecule has 7 nitrogen and oxygen atoms in total. The summed E-state index contributed by atoms with van der Waals surface area (Å²) in [6.07, 6.45) is 2.10. The van der Waals surface area contributed by atoms with E-state index in [4.69, 9.17) is 11.6 Å². The van der Waals surface area contributed by atoms with Crippen molar-refractivity contribution >= 4 is 34.6 Å². The Bertz CT molecular complexity index is 650. The van der Waals surface area contributed by atoms with E-state index in [0.717, 1.165) is 6.42 Å². The van der Waals surface area contributed by atoms with Gasteiger partial charge in [0, 0.05) is 6.54 Å². The molecule has 2 N–H and O–H groups in total. The van der Waals surface area contributed by atoms with Crippen molar-refractivity contribution in [1.29, 1.82) is 0 Å². The molecule has 0 aliphatic heterocycles. The number of rotatable bonds is 6.